The molecule has 0 bridgehead atoms. The molecule has 1 aromatic heterocycles. The van der Waals surface area contributed by atoms with E-state index in [9.17, 15) is 14.0 Å². The Kier molecular flexibility index (Phi) is 8.56. The second-order valence-electron chi connectivity index (χ2n) is 10.9. The fourth-order valence-corrected chi connectivity index (χ4v) is 4.61. The molecule has 2 heterocycles. The number of aromatic nitrogens is 4. The standard InChI is InChI=1S/C31H33FN6O5/c1-5-41-24-13-8-20(9-14-24)28(30(40)33-31(2,3)4)38(23-12-15-25-26(18-23)43-17-16-42-25)27(39)19-37-35-29(34-36-37)21-6-10-22(32)11-7-21/h6-15,18,28H,5,16-17,19H2,1-4H3,(H,33,40)/t28-/m1/s1. The number of carbonyl (C=O) groups is 2. The van der Waals surface area contributed by atoms with Crippen LogP contribution < -0.4 is 24.4 Å². The van der Waals surface area contributed by atoms with Crippen LogP contribution in [0.15, 0.2) is 66.7 Å². The van der Waals surface area contributed by atoms with Gasteiger partial charge in [0.05, 0.1) is 6.61 Å². The minimum absolute atomic E-state index is 0.229. The van der Waals surface area contributed by atoms with Crippen LogP contribution in [0.3, 0.4) is 0 Å². The molecule has 1 aliphatic heterocycles. The number of carbonyl (C=O) groups excluding carboxylic acids is 2. The maximum Gasteiger partial charge on any atom is 0.251 e. The highest BCUT2D eigenvalue weighted by Crippen LogP contribution is 2.37. The van der Waals surface area contributed by atoms with Gasteiger partial charge in [0, 0.05) is 22.9 Å². The van der Waals surface area contributed by atoms with Gasteiger partial charge in [-0.2, -0.15) is 4.80 Å². The first kappa shape index (κ1) is 29.5. The van der Waals surface area contributed by atoms with Gasteiger partial charge in [0.15, 0.2) is 11.5 Å². The van der Waals surface area contributed by atoms with Crippen molar-refractivity contribution in [2.75, 3.05) is 24.7 Å². The number of tetrazole rings is 1. The van der Waals surface area contributed by atoms with E-state index < -0.39 is 29.2 Å². The van der Waals surface area contributed by atoms with Crippen LogP contribution in [0.4, 0.5) is 10.1 Å². The fourth-order valence-electron chi connectivity index (χ4n) is 4.61. The predicted octanol–water partition coefficient (Wildman–Crippen LogP) is 4.34. The average molecular weight is 589 g/mol. The Morgan fingerprint density at radius 2 is 1.72 bits per heavy atom. The number of anilines is 1. The van der Waals surface area contributed by atoms with Crippen molar-refractivity contribution in [3.8, 4) is 28.6 Å². The van der Waals surface area contributed by atoms with E-state index in [1.165, 1.54) is 29.2 Å². The van der Waals surface area contributed by atoms with Gasteiger partial charge in [-0.15, -0.1) is 10.2 Å². The summed E-state index contributed by atoms with van der Waals surface area (Å²) in [6.45, 7) is 8.40. The highest BCUT2D eigenvalue weighted by atomic mass is 19.1. The Balaban J connectivity index is 1.55. The monoisotopic (exact) mass is 588 g/mol. The normalized spacial score (nSPS) is 13.2. The van der Waals surface area contributed by atoms with Gasteiger partial charge in [-0.1, -0.05) is 12.1 Å². The van der Waals surface area contributed by atoms with E-state index in [2.05, 4.69) is 20.7 Å². The number of ether oxygens (including phenoxy) is 3. The van der Waals surface area contributed by atoms with E-state index in [-0.39, 0.29) is 12.4 Å². The van der Waals surface area contributed by atoms with Crippen LogP contribution in [0.5, 0.6) is 17.2 Å². The summed E-state index contributed by atoms with van der Waals surface area (Å²) in [5.41, 5.74) is 0.934. The minimum atomic E-state index is -1.08. The fraction of sp³-hybridized carbons (Fsp3) is 0.323. The molecule has 2 amide bonds. The molecule has 11 nitrogen and oxygen atoms in total. The van der Waals surface area contributed by atoms with Crippen molar-refractivity contribution in [3.05, 3.63) is 78.1 Å². The van der Waals surface area contributed by atoms with Crippen LogP contribution in [-0.4, -0.2) is 57.4 Å². The van der Waals surface area contributed by atoms with Crippen LogP contribution in [0.2, 0.25) is 0 Å². The van der Waals surface area contributed by atoms with Gasteiger partial charge < -0.3 is 19.5 Å². The smallest absolute Gasteiger partial charge is 0.251 e. The number of nitrogens with zero attached hydrogens (tertiary/aromatic N) is 5. The van der Waals surface area contributed by atoms with E-state index in [0.29, 0.717) is 53.9 Å². The van der Waals surface area contributed by atoms with Gasteiger partial charge in [-0.3, -0.25) is 14.5 Å². The second kappa shape index (κ2) is 12.5. The first-order valence-electron chi connectivity index (χ1n) is 13.9. The number of fused-ring (bicyclic) bond motifs is 1. The third-order valence-electron chi connectivity index (χ3n) is 6.42. The summed E-state index contributed by atoms with van der Waals surface area (Å²) in [5.74, 6) is 0.601. The maximum absolute atomic E-state index is 14.2. The van der Waals surface area contributed by atoms with Gasteiger partial charge >= 0.3 is 0 Å². The van der Waals surface area contributed by atoms with Crippen LogP contribution in [-0.2, 0) is 16.1 Å². The Bertz CT molecular complexity index is 1580. The predicted molar refractivity (Wildman–Crippen MR) is 156 cm³/mol. The Morgan fingerprint density at radius 3 is 2.40 bits per heavy atom. The van der Waals surface area contributed by atoms with Crippen LogP contribution in [0.25, 0.3) is 11.4 Å². The third kappa shape index (κ3) is 7.08. The zero-order chi connectivity index (χ0) is 30.6. The maximum atomic E-state index is 14.2. The number of hydrogen-bond donors (Lipinski definition) is 1. The summed E-state index contributed by atoms with van der Waals surface area (Å²) in [5, 5.41) is 15.4. The molecule has 4 aromatic rings. The van der Waals surface area contributed by atoms with E-state index in [1.807, 2.05) is 27.7 Å². The van der Waals surface area contributed by atoms with Gasteiger partial charge in [0.1, 0.15) is 37.4 Å². The van der Waals surface area contributed by atoms with Crippen LogP contribution in [0, 0.1) is 5.82 Å². The van der Waals surface area contributed by atoms with E-state index in [1.54, 1.807) is 42.5 Å². The third-order valence-corrected chi connectivity index (χ3v) is 6.42. The summed E-state index contributed by atoms with van der Waals surface area (Å²) < 4.78 is 30.5. The quantitative estimate of drug-likeness (QED) is 0.307. The first-order valence-corrected chi connectivity index (χ1v) is 13.9. The highest BCUT2D eigenvalue weighted by molar-refractivity contribution is 6.01. The molecule has 0 saturated heterocycles. The van der Waals surface area contributed by atoms with Gasteiger partial charge in [0.2, 0.25) is 11.7 Å². The number of rotatable bonds is 9. The summed E-state index contributed by atoms with van der Waals surface area (Å²) in [6, 6.07) is 16.7. The van der Waals surface area contributed by atoms with Gasteiger partial charge in [0.25, 0.3) is 5.91 Å². The molecular weight excluding hydrogens is 555 g/mol. The summed E-state index contributed by atoms with van der Waals surface area (Å²) in [6.07, 6.45) is 0. The number of nitrogens with one attached hydrogen (secondary N) is 1. The number of benzene rings is 3. The molecule has 224 valence electrons. The molecule has 0 aliphatic carbocycles. The molecule has 0 radical (unpaired) electrons. The lowest BCUT2D eigenvalue weighted by Gasteiger charge is -2.34. The number of halogens is 1. The average Bonchev–Trinajstić information content (AvgIpc) is 3.44. The van der Waals surface area contributed by atoms with E-state index >= 15 is 0 Å². The molecule has 12 heteroatoms. The molecule has 1 N–H and O–H groups in total. The minimum Gasteiger partial charge on any atom is -0.494 e. The van der Waals surface area contributed by atoms with Crippen LogP contribution in [0.1, 0.15) is 39.3 Å². The lowest BCUT2D eigenvalue weighted by Crippen LogP contribution is -2.50. The van der Waals surface area contributed by atoms with E-state index in [0.717, 1.165) is 4.80 Å². The van der Waals surface area contributed by atoms with Crippen molar-refractivity contribution < 1.29 is 28.2 Å². The zero-order valence-corrected chi connectivity index (χ0v) is 24.4. The lowest BCUT2D eigenvalue weighted by atomic mass is 10.0. The van der Waals surface area contributed by atoms with Crippen molar-refractivity contribution in [1.82, 2.24) is 25.5 Å². The zero-order valence-electron chi connectivity index (χ0n) is 24.4. The van der Waals surface area contributed by atoms with Crippen LogP contribution >= 0.6 is 0 Å². The Morgan fingerprint density at radius 1 is 1.02 bits per heavy atom. The summed E-state index contributed by atoms with van der Waals surface area (Å²) in [4.78, 5) is 30.7. The molecule has 1 atom stereocenters. The molecule has 0 spiro atoms. The van der Waals surface area contributed by atoms with Gasteiger partial charge in [-0.25, -0.2) is 4.39 Å². The van der Waals surface area contributed by atoms with Crippen molar-refractivity contribution in [3.63, 3.8) is 0 Å². The second-order valence-corrected chi connectivity index (χ2v) is 10.9. The molecule has 3 aromatic carbocycles. The number of hydrogen-bond acceptors (Lipinski definition) is 8. The molecule has 0 saturated carbocycles. The van der Waals surface area contributed by atoms with Gasteiger partial charge in [-0.05, 0) is 87.0 Å². The molecule has 0 fully saturated rings. The van der Waals surface area contributed by atoms with Crippen molar-refractivity contribution in [2.24, 2.45) is 0 Å². The Labute approximate surface area is 248 Å². The topological polar surface area (TPSA) is 121 Å². The molecule has 43 heavy (non-hydrogen) atoms. The van der Waals surface area contributed by atoms with Crippen molar-refractivity contribution in [1.29, 1.82) is 0 Å². The molecule has 5 rings (SSSR count). The number of amides is 2. The van der Waals surface area contributed by atoms with E-state index in [4.69, 9.17) is 14.2 Å². The molecular formula is C31H33FN6O5. The van der Waals surface area contributed by atoms with Crippen molar-refractivity contribution in [2.45, 2.75) is 45.8 Å². The summed E-state index contributed by atoms with van der Waals surface area (Å²) in [7, 11) is 0. The first-order chi connectivity index (χ1) is 20.6. The largest absolute Gasteiger partial charge is 0.494 e. The lowest BCUT2D eigenvalue weighted by molar-refractivity contribution is -0.128. The summed E-state index contributed by atoms with van der Waals surface area (Å²) >= 11 is 0. The Hall–Kier alpha value is -5.00. The van der Waals surface area contributed by atoms with Crippen molar-refractivity contribution >= 4 is 17.5 Å². The molecule has 1 aliphatic rings. The SMILES string of the molecule is CCOc1ccc([C@H](C(=O)NC(C)(C)C)N(C(=O)Cn2nnc(-c3ccc(F)cc3)n2)c2ccc3c(c2)OCCO3)cc1. The highest BCUT2D eigenvalue weighted by Gasteiger charge is 2.35. The molecule has 0 unspecified atom stereocenters.